The van der Waals surface area contributed by atoms with E-state index in [4.69, 9.17) is 0 Å². The second-order valence-electron chi connectivity index (χ2n) is 3.85. The first-order valence-corrected chi connectivity index (χ1v) is 7.82. The van der Waals surface area contributed by atoms with E-state index in [2.05, 4.69) is 44.8 Å². The molecule has 1 saturated heterocycles. The van der Waals surface area contributed by atoms with Gasteiger partial charge in [0.15, 0.2) is 0 Å². The highest BCUT2D eigenvalue weighted by Crippen LogP contribution is 2.38. The molecule has 0 aliphatic carbocycles. The molecule has 0 radical (unpaired) electrons. The van der Waals surface area contributed by atoms with Crippen LogP contribution in [0.1, 0.15) is 37.3 Å². The van der Waals surface area contributed by atoms with E-state index < -0.39 is 0 Å². The molecule has 1 atom stereocenters. The third kappa shape index (κ3) is 3.00. The van der Waals surface area contributed by atoms with Gasteiger partial charge >= 0.3 is 0 Å². The minimum Gasteiger partial charge on any atom is -0.369 e. The molecule has 1 N–H and O–H groups in total. The predicted molar refractivity (Wildman–Crippen MR) is 78.0 cm³/mol. The van der Waals surface area contributed by atoms with E-state index >= 15 is 0 Å². The van der Waals surface area contributed by atoms with Gasteiger partial charge in [-0.15, -0.1) is 0 Å². The average Bonchev–Trinajstić information content (AvgIpc) is 2.81. The Morgan fingerprint density at radius 3 is 3.19 bits per heavy atom. The lowest BCUT2D eigenvalue weighted by Crippen LogP contribution is -2.08. The van der Waals surface area contributed by atoms with Crippen molar-refractivity contribution in [2.45, 2.75) is 31.4 Å². The maximum absolute atomic E-state index is 4.64. The highest BCUT2D eigenvalue weighted by atomic mass is 127. The molecule has 0 aromatic carbocycles. The zero-order chi connectivity index (χ0) is 11.4. The normalized spacial score (nSPS) is 20.0. The lowest BCUT2D eigenvalue weighted by molar-refractivity contribution is 0.775. The van der Waals surface area contributed by atoms with Gasteiger partial charge in [0.2, 0.25) is 0 Å². The third-order valence-electron chi connectivity index (χ3n) is 2.52. The number of rotatable bonds is 4. The molecule has 1 aromatic rings. The Balaban J connectivity index is 2.13. The van der Waals surface area contributed by atoms with Crippen LogP contribution >= 0.6 is 34.4 Å². The summed E-state index contributed by atoms with van der Waals surface area (Å²) >= 11 is 4.26. The zero-order valence-electron chi connectivity index (χ0n) is 9.37. The summed E-state index contributed by atoms with van der Waals surface area (Å²) in [6.45, 7) is 3.14. The van der Waals surface area contributed by atoms with Gasteiger partial charge in [-0.05, 0) is 47.6 Å². The molecule has 1 aliphatic heterocycles. The first-order chi connectivity index (χ1) is 7.81. The van der Waals surface area contributed by atoms with E-state index in [9.17, 15) is 0 Å². The van der Waals surface area contributed by atoms with Gasteiger partial charge in [0.1, 0.15) is 11.6 Å². The Labute approximate surface area is 114 Å². The second-order valence-corrected chi connectivity index (χ2v) is 6.33. The SMILES string of the molecule is CCCNc1nc(C2CCCS2)ncc1I. The molecule has 1 aliphatic rings. The lowest BCUT2D eigenvalue weighted by atomic mass is 10.2. The molecular weight excluding hydrogens is 333 g/mol. The molecule has 2 rings (SSSR count). The minimum atomic E-state index is 0.513. The predicted octanol–water partition coefficient (Wildman–Crippen LogP) is 3.47. The van der Waals surface area contributed by atoms with Crippen LogP contribution in [-0.4, -0.2) is 22.3 Å². The summed E-state index contributed by atoms with van der Waals surface area (Å²) in [7, 11) is 0. The highest BCUT2D eigenvalue weighted by molar-refractivity contribution is 14.1. The summed E-state index contributed by atoms with van der Waals surface area (Å²) in [5.41, 5.74) is 0. The van der Waals surface area contributed by atoms with Crippen LogP contribution in [0.15, 0.2) is 6.20 Å². The largest absolute Gasteiger partial charge is 0.369 e. The van der Waals surface area contributed by atoms with Crippen molar-refractivity contribution in [3.8, 4) is 0 Å². The average molecular weight is 349 g/mol. The molecular formula is C11H16IN3S. The summed E-state index contributed by atoms with van der Waals surface area (Å²) < 4.78 is 1.11. The number of nitrogens with one attached hydrogen (secondary N) is 1. The Morgan fingerprint density at radius 1 is 1.62 bits per heavy atom. The molecule has 3 nitrogen and oxygen atoms in total. The first kappa shape index (κ1) is 12.4. The van der Waals surface area contributed by atoms with E-state index in [1.165, 1.54) is 18.6 Å². The van der Waals surface area contributed by atoms with Crippen LogP contribution in [0.25, 0.3) is 0 Å². The molecule has 0 amide bonds. The summed E-state index contributed by atoms with van der Waals surface area (Å²) in [5.74, 6) is 3.25. The van der Waals surface area contributed by atoms with Crippen LogP contribution in [0.4, 0.5) is 5.82 Å². The number of halogens is 1. The fraction of sp³-hybridized carbons (Fsp3) is 0.636. The van der Waals surface area contributed by atoms with Gasteiger partial charge < -0.3 is 5.32 Å². The smallest absolute Gasteiger partial charge is 0.143 e. The Morgan fingerprint density at radius 2 is 2.50 bits per heavy atom. The summed E-state index contributed by atoms with van der Waals surface area (Å²) in [6, 6.07) is 0. The van der Waals surface area contributed by atoms with Crippen molar-refractivity contribution < 1.29 is 0 Å². The number of anilines is 1. The molecule has 88 valence electrons. The van der Waals surface area contributed by atoms with Crippen molar-refractivity contribution in [1.29, 1.82) is 0 Å². The fourth-order valence-corrected chi connectivity index (χ4v) is 3.35. The molecule has 1 unspecified atom stereocenters. The molecule has 1 fully saturated rings. The number of nitrogens with zero attached hydrogens (tertiary/aromatic N) is 2. The number of thioether (sulfide) groups is 1. The maximum atomic E-state index is 4.64. The van der Waals surface area contributed by atoms with Gasteiger partial charge in [-0.3, -0.25) is 0 Å². The number of aromatic nitrogens is 2. The summed E-state index contributed by atoms with van der Waals surface area (Å²) in [5, 5.41) is 3.87. The molecule has 0 saturated carbocycles. The van der Waals surface area contributed by atoms with Crippen molar-refractivity contribution in [2.24, 2.45) is 0 Å². The maximum Gasteiger partial charge on any atom is 0.143 e. The quantitative estimate of drug-likeness (QED) is 0.845. The Kier molecular flexibility index (Phi) is 4.69. The van der Waals surface area contributed by atoms with E-state index in [0.717, 1.165) is 28.2 Å². The van der Waals surface area contributed by atoms with Gasteiger partial charge in [0.25, 0.3) is 0 Å². The van der Waals surface area contributed by atoms with Crippen LogP contribution in [0.2, 0.25) is 0 Å². The molecule has 2 heterocycles. The van der Waals surface area contributed by atoms with Gasteiger partial charge in [-0.2, -0.15) is 11.8 Å². The van der Waals surface area contributed by atoms with Crippen LogP contribution in [0.3, 0.4) is 0 Å². The van der Waals surface area contributed by atoms with Crippen LogP contribution in [-0.2, 0) is 0 Å². The standard InChI is InChI=1S/C11H16IN3S/c1-2-5-13-10-8(12)7-14-11(15-10)9-4-3-6-16-9/h7,9H,2-6H2,1H3,(H,13,14,15). The van der Waals surface area contributed by atoms with E-state index in [1.807, 2.05) is 18.0 Å². The lowest BCUT2D eigenvalue weighted by Gasteiger charge is -2.11. The zero-order valence-corrected chi connectivity index (χ0v) is 12.3. The van der Waals surface area contributed by atoms with Crippen LogP contribution in [0.5, 0.6) is 0 Å². The minimum absolute atomic E-state index is 0.513. The second kappa shape index (κ2) is 6.05. The molecule has 1 aromatic heterocycles. The van der Waals surface area contributed by atoms with Gasteiger partial charge in [-0.1, -0.05) is 6.92 Å². The number of hydrogen-bond donors (Lipinski definition) is 1. The number of hydrogen-bond acceptors (Lipinski definition) is 4. The van der Waals surface area contributed by atoms with E-state index in [1.54, 1.807) is 0 Å². The van der Waals surface area contributed by atoms with Gasteiger partial charge in [-0.25, -0.2) is 9.97 Å². The molecule has 0 spiro atoms. The fourth-order valence-electron chi connectivity index (χ4n) is 1.68. The topological polar surface area (TPSA) is 37.8 Å². The Hall–Kier alpha value is -0.0400. The van der Waals surface area contributed by atoms with Crippen molar-refractivity contribution in [2.75, 3.05) is 17.6 Å². The van der Waals surface area contributed by atoms with Crippen LogP contribution < -0.4 is 5.32 Å². The third-order valence-corrected chi connectivity index (χ3v) is 4.69. The summed E-state index contributed by atoms with van der Waals surface area (Å²) in [6.07, 6.45) is 5.56. The first-order valence-electron chi connectivity index (χ1n) is 5.69. The monoisotopic (exact) mass is 349 g/mol. The molecule has 0 bridgehead atoms. The van der Waals surface area contributed by atoms with Gasteiger partial charge in [0, 0.05) is 12.7 Å². The van der Waals surface area contributed by atoms with Crippen molar-refractivity contribution in [3.05, 3.63) is 15.6 Å². The molecule has 5 heteroatoms. The Bertz CT molecular complexity index is 353. The molecule has 16 heavy (non-hydrogen) atoms. The van der Waals surface area contributed by atoms with E-state index in [0.29, 0.717) is 5.25 Å². The van der Waals surface area contributed by atoms with E-state index in [-0.39, 0.29) is 0 Å². The van der Waals surface area contributed by atoms with Crippen molar-refractivity contribution in [1.82, 2.24) is 9.97 Å². The van der Waals surface area contributed by atoms with Gasteiger partial charge in [0.05, 0.1) is 8.82 Å². The van der Waals surface area contributed by atoms with Crippen molar-refractivity contribution in [3.63, 3.8) is 0 Å². The van der Waals surface area contributed by atoms with Crippen molar-refractivity contribution >= 4 is 40.2 Å². The van der Waals surface area contributed by atoms with Crippen LogP contribution in [0, 0.1) is 3.57 Å². The summed E-state index contributed by atoms with van der Waals surface area (Å²) in [4.78, 5) is 9.09. The highest BCUT2D eigenvalue weighted by Gasteiger charge is 2.21.